The van der Waals surface area contributed by atoms with Gasteiger partial charge in [-0.15, -0.1) is 12.4 Å². The predicted molar refractivity (Wildman–Crippen MR) is 108 cm³/mol. The molecular weight excluding hydrogens is 348 g/mol. The number of halogens is 1. The summed E-state index contributed by atoms with van der Waals surface area (Å²) in [6.45, 7) is 5.85. The molecule has 3 rings (SSSR count). The molecule has 1 aromatic carbocycles. The zero-order valence-corrected chi connectivity index (χ0v) is 16.7. The van der Waals surface area contributed by atoms with Crippen LogP contribution in [0.4, 0.5) is 0 Å². The lowest BCUT2D eigenvalue weighted by atomic mass is 10.0. The van der Waals surface area contributed by atoms with Crippen LogP contribution in [-0.2, 0) is 11.2 Å². The van der Waals surface area contributed by atoms with Gasteiger partial charge in [0.2, 0.25) is 5.91 Å². The standard InChI is InChI=1S/C21H32N2O2.ClH/c1-2-15-25-20-8-5-17(6-9-20)7-10-21(24)23-13-11-19(12-14-23)22-16-18-3-4-18;/h5-6,8-9,18-19,22H,2-4,7,10-16H2,1H3;1H. The second-order valence-corrected chi connectivity index (χ2v) is 7.50. The van der Waals surface area contributed by atoms with E-state index in [2.05, 4.69) is 24.4 Å². The quantitative estimate of drug-likeness (QED) is 0.708. The van der Waals surface area contributed by atoms with Gasteiger partial charge in [0, 0.05) is 25.6 Å². The summed E-state index contributed by atoms with van der Waals surface area (Å²) in [7, 11) is 0. The molecule has 146 valence electrons. The number of nitrogens with one attached hydrogen (secondary N) is 1. The maximum atomic E-state index is 12.4. The minimum atomic E-state index is 0. The molecule has 1 heterocycles. The lowest BCUT2D eigenvalue weighted by molar-refractivity contribution is -0.132. The Hall–Kier alpha value is -1.26. The first-order chi connectivity index (χ1) is 12.2. The monoisotopic (exact) mass is 380 g/mol. The zero-order chi connectivity index (χ0) is 17.5. The molecular formula is C21H33ClN2O2. The summed E-state index contributed by atoms with van der Waals surface area (Å²) in [6.07, 6.45) is 7.43. The summed E-state index contributed by atoms with van der Waals surface area (Å²) >= 11 is 0. The Balaban J connectivity index is 0.00000243. The van der Waals surface area contributed by atoms with E-state index in [1.807, 2.05) is 17.0 Å². The molecule has 0 radical (unpaired) electrons. The lowest BCUT2D eigenvalue weighted by Gasteiger charge is -2.32. The first-order valence-corrected chi connectivity index (χ1v) is 9.97. The molecule has 2 aliphatic rings. The number of ether oxygens (including phenoxy) is 1. The highest BCUT2D eigenvalue weighted by atomic mass is 35.5. The van der Waals surface area contributed by atoms with Gasteiger partial charge in [0.25, 0.3) is 0 Å². The Morgan fingerprint density at radius 2 is 1.85 bits per heavy atom. The molecule has 4 nitrogen and oxygen atoms in total. The summed E-state index contributed by atoms with van der Waals surface area (Å²) in [5.74, 6) is 2.14. The van der Waals surface area contributed by atoms with Crippen LogP contribution in [0, 0.1) is 5.92 Å². The topological polar surface area (TPSA) is 41.6 Å². The molecule has 1 saturated heterocycles. The predicted octanol–water partition coefficient (Wildman–Crippen LogP) is 3.82. The average molecular weight is 381 g/mol. The van der Waals surface area contributed by atoms with Gasteiger partial charge in [0.1, 0.15) is 5.75 Å². The Morgan fingerprint density at radius 1 is 1.15 bits per heavy atom. The fraction of sp³-hybridized carbons (Fsp3) is 0.667. The van der Waals surface area contributed by atoms with Crippen LogP contribution in [0.1, 0.15) is 51.0 Å². The number of rotatable bonds is 9. The number of benzene rings is 1. The summed E-state index contributed by atoms with van der Waals surface area (Å²) in [6, 6.07) is 8.78. The number of hydrogen-bond acceptors (Lipinski definition) is 3. The molecule has 1 aromatic rings. The molecule has 0 spiro atoms. The van der Waals surface area contributed by atoms with E-state index in [1.165, 1.54) is 24.9 Å². The number of piperidine rings is 1. The number of hydrogen-bond donors (Lipinski definition) is 1. The molecule has 0 unspecified atom stereocenters. The van der Waals surface area contributed by atoms with Gasteiger partial charge < -0.3 is 15.0 Å². The summed E-state index contributed by atoms with van der Waals surface area (Å²) in [5, 5.41) is 3.67. The maximum Gasteiger partial charge on any atom is 0.222 e. The van der Waals surface area contributed by atoms with Crippen LogP contribution in [0.2, 0.25) is 0 Å². The van der Waals surface area contributed by atoms with Crippen LogP contribution in [0.5, 0.6) is 5.75 Å². The highest BCUT2D eigenvalue weighted by Gasteiger charge is 2.25. The SMILES string of the molecule is CCCOc1ccc(CCC(=O)N2CCC(NCC3CC3)CC2)cc1.Cl. The van der Waals surface area contributed by atoms with Crippen LogP contribution >= 0.6 is 12.4 Å². The second-order valence-electron chi connectivity index (χ2n) is 7.50. The van der Waals surface area contributed by atoms with Gasteiger partial charge in [-0.25, -0.2) is 0 Å². The highest BCUT2D eigenvalue weighted by Crippen LogP contribution is 2.28. The second kappa shape index (κ2) is 10.8. The zero-order valence-electron chi connectivity index (χ0n) is 15.9. The molecule has 1 amide bonds. The van der Waals surface area contributed by atoms with E-state index in [4.69, 9.17) is 4.74 Å². The molecule has 1 aliphatic carbocycles. The third-order valence-corrected chi connectivity index (χ3v) is 5.26. The third kappa shape index (κ3) is 6.81. The average Bonchev–Trinajstić information content (AvgIpc) is 3.48. The molecule has 1 N–H and O–H groups in total. The van der Waals surface area contributed by atoms with Crippen LogP contribution in [0.15, 0.2) is 24.3 Å². The number of amides is 1. The van der Waals surface area contributed by atoms with E-state index in [0.29, 0.717) is 18.4 Å². The summed E-state index contributed by atoms with van der Waals surface area (Å²) in [5.41, 5.74) is 1.21. The number of likely N-dealkylation sites (tertiary alicyclic amines) is 1. The van der Waals surface area contributed by atoms with Gasteiger partial charge in [-0.3, -0.25) is 4.79 Å². The summed E-state index contributed by atoms with van der Waals surface area (Å²) in [4.78, 5) is 14.5. The molecule has 0 aromatic heterocycles. The number of nitrogens with zero attached hydrogens (tertiary/aromatic N) is 1. The van der Waals surface area contributed by atoms with Crippen molar-refractivity contribution in [3.8, 4) is 5.75 Å². The molecule has 0 atom stereocenters. The van der Waals surface area contributed by atoms with Crippen molar-refractivity contribution < 1.29 is 9.53 Å². The van der Waals surface area contributed by atoms with Crippen LogP contribution < -0.4 is 10.1 Å². The normalized spacial score (nSPS) is 17.7. The van der Waals surface area contributed by atoms with Gasteiger partial charge in [-0.1, -0.05) is 19.1 Å². The van der Waals surface area contributed by atoms with Gasteiger partial charge in [0.15, 0.2) is 0 Å². The number of aryl methyl sites for hydroxylation is 1. The smallest absolute Gasteiger partial charge is 0.222 e. The first-order valence-electron chi connectivity index (χ1n) is 9.97. The minimum absolute atomic E-state index is 0. The van der Waals surface area contributed by atoms with Crippen molar-refractivity contribution in [3.63, 3.8) is 0 Å². The van der Waals surface area contributed by atoms with E-state index >= 15 is 0 Å². The molecule has 26 heavy (non-hydrogen) atoms. The van der Waals surface area contributed by atoms with Crippen LogP contribution in [0.3, 0.4) is 0 Å². The van der Waals surface area contributed by atoms with Gasteiger partial charge in [-0.2, -0.15) is 0 Å². The van der Waals surface area contributed by atoms with Crippen molar-refractivity contribution in [1.29, 1.82) is 0 Å². The number of carbonyl (C=O) groups excluding carboxylic acids is 1. The molecule has 5 heteroatoms. The van der Waals surface area contributed by atoms with Gasteiger partial charge >= 0.3 is 0 Å². The van der Waals surface area contributed by atoms with Crippen LogP contribution in [-0.4, -0.2) is 43.1 Å². The van der Waals surface area contributed by atoms with E-state index in [0.717, 1.165) is 57.0 Å². The Morgan fingerprint density at radius 3 is 2.46 bits per heavy atom. The van der Waals surface area contributed by atoms with Gasteiger partial charge in [-0.05, 0) is 68.7 Å². The van der Waals surface area contributed by atoms with E-state index in [1.54, 1.807) is 0 Å². The molecule has 1 saturated carbocycles. The lowest BCUT2D eigenvalue weighted by Crippen LogP contribution is -2.45. The van der Waals surface area contributed by atoms with Gasteiger partial charge in [0.05, 0.1) is 6.61 Å². The van der Waals surface area contributed by atoms with Crippen molar-refractivity contribution in [2.45, 2.75) is 57.9 Å². The minimum Gasteiger partial charge on any atom is -0.494 e. The van der Waals surface area contributed by atoms with E-state index in [9.17, 15) is 4.79 Å². The van der Waals surface area contributed by atoms with Crippen molar-refractivity contribution >= 4 is 18.3 Å². The van der Waals surface area contributed by atoms with Crippen LogP contribution in [0.25, 0.3) is 0 Å². The maximum absolute atomic E-state index is 12.4. The fourth-order valence-corrected chi connectivity index (χ4v) is 3.37. The summed E-state index contributed by atoms with van der Waals surface area (Å²) < 4.78 is 5.60. The largest absolute Gasteiger partial charge is 0.494 e. The van der Waals surface area contributed by atoms with Crippen molar-refractivity contribution in [2.75, 3.05) is 26.2 Å². The molecule has 1 aliphatic heterocycles. The van der Waals surface area contributed by atoms with Crippen molar-refractivity contribution in [1.82, 2.24) is 10.2 Å². The first kappa shape index (κ1) is 21.0. The number of carbonyl (C=O) groups is 1. The van der Waals surface area contributed by atoms with E-state index < -0.39 is 0 Å². The Kier molecular flexibility index (Phi) is 8.73. The third-order valence-electron chi connectivity index (χ3n) is 5.26. The Bertz CT molecular complexity index is 537. The molecule has 2 fully saturated rings. The fourth-order valence-electron chi connectivity index (χ4n) is 3.37. The highest BCUT2D eigenvalue weighted by molar-refractivity contribution is 5.85. The van der Waals surface area contributed by atoms with Crippen molar-refractivity contribution in [2.24, 2.45) is 5.92 Å². The Labute approximate surface area is 164 Å². The molecule has 0 bridgehead atoms. The van der Waals surface area contributed by atoms with Crippen molar-refractivity contribution in [3.05, 3.63) is 29.8 Å². The van der Waals surface area contributed by atoms with E-state index in [-0.39, 0.29) is 12.4 Å².